The number of nitrogens with zero attached hydrogens (tertiary/aromatic N) is 2. The smallest absolute Gasteiger partial charge is 0.295 e. The highest BCUT2D eigenvalue weighted by atomic mass is 16.5. The number of rotatable bonds is 7. The minimum Gasteiger partial charge on any atom is -0.507 e. The van der Waals surface area contributed by atoms with Gasteiger partial charge in [-0.15, -0.1) is 0 Å². The molecule has 2 heterocycles. The summed E-state index contributed by atoms with van der Waals surface area (Å²) in [5, 5.41) is 11.5. The van der Waals surface area contributed by atoms with Crippen LogP contribution in [0.1, 0.15) is 73.4 Å². The zero-order chi connectivity index (χ0) is 26.0. The number of ether oxygens (including phenoxy) is 1. The first-order chi connectivity index (χ1) is 17.2. The van der Waals surface area contributed by atoms with Crippen molar-refractivity contribution in [1.82, 2.24) is 9.88 Å². The molecule has 1 aromatic heterocycles. The van der Waals surface area contributed by atoms with Crippen molar-refractivity contribution in [2.45, 2.75) is 52.1 Å². The third-order valence-corrected chi connectivity index (χ3v) is 6.66. The van der Waals surface area contributed by atoms with Crippen LogP contribution in [0.4, 0.5) is 0 Å². The Morgan fingerprint density at radius 2 is 1.75 bits per heavy atom. The van der Waals surface area contributed by atoms with Crippen LogP contribution in [0.25, 0.3) is 5.76 Å². The van der Waals surface area contributed by atoms with Crippen molar-refractivity contribution in [3.63, 3.8) is 0 Å². The third kappa shape index (κ3) is 4.76. The molecule has 1 fully saturated rings. The Kier molecular flexibility index (Phi) is 7.25. The Labute approximate surface area is 212 Å². The quantitative estimate of drug-likeness (QED) is 0.254. The average molecular weight is 485 g/mol. The molecule has 1 N–H and O–H groups in total. The molecule has 1 aliphatic heterocycles. The first-order valence-electron chi connectivity index (χ1n) is 12.2. The number of benzene rings is 2. The fraction of sp³-hybridized carbons (Fsp3) is 0.300. The van der Waals surface area contributed by atoms with Gasteiger partial charge in [-0.2, -0.15) is 0 Å². The van der Waals surface area contributed by atoms with Gasteiger partial charge < -0.3 is 14.7 Å². The summed E-state index contributed by atoms with van der Waals surface area (Å²) in [5.74, 6) is -0.342. The van der Waals surface area contributed by atoms with E-state index in [4.69, 9.17) is 4.74 Å². The molecule has 1 aliphatic rings. The van der Waals surface area contributed by atoms with Gasteiger partial charge in [-0.1, -0.05) is 58.0 Å². The zero-order valence-electron chi connectivity index (χ0n) is 21.4. The summed E-state index contributed by atoms with van der Waals surface area (Å²) in [6.45, 7) is 8.49. The summed E-state index contributed by atoms with van der Waals surface area (Å²) in [6, 6.07) is 16.1. The molecule has 6 nitrogen and oxygen atoms in total. The SMILES string of the molecule is COc1ccc(/C(O)=C2/C(=O)C(=O)N(Cc3cccnc3)C2c2ccc(C(C)C)cc2)cc1C(C)C. The van der Waals surface area contributed by atoms with Gasteiger partial charge in [0.2, 0.25) is 0 Å². The minimum absolute atomic E-state index is 0.0843. The molecule has 3 aromatic rings. The molecule has 0 bridgehead atoms. The monoisotopic (exact) mass is 484 g/mol. The Bertz CT molecular complexity index is 1290. The topological polar surface area (TPSA) is 79.7 Å². The van der Waals surface area contributed by atoms with Crippen LogP contribution in [0.3, 0.4) is 0 Å². The van der Waals surface area contributed by atoms with Crippen LogP contribution in [0.5, 0.6) is 5.75 Å². The van der Waals surface area contributed by atoms with Crippen molar-refractivity contribution in [2.24, 2.45) is 0 Å². The van der Waals surface area contributed by atoms with Crippen LogP contribution in [0.15, 0.2) is 72.6 Å². The van der Waals surface area contributed by atoms with Crippen LogP contribution in [-0.2, 0) is 16.1 Å². The van der Waals surface area contributed by atoms with Crippen LogP contribution in [0.2, 0.25) is 0 Å². The number of methoxy groups -OCH3 is 1. The fourth-order valence-electron chi connectivity index (χ4n) is 4.63. The number of hydrogen-bond donors (Lipinski definition) is 1. The van der Waals surface area contributed by atoms with Gasteiger partial charge in [0.25, 0.3) is 11.7 Å². The summed E-state index contributed by atoms with van der Waals surface area (Å²) in [7, 11) is 1.60. The summed E-state index contributed by atoms with van der Waals surface area (Å²) in [4.78, 5) is 32.3. The molecule has 1 atom stereocenters. The number of aliphatic hydroxyl groups excluding tert-OH is 1. The summed E-state index contributed by atoms with van der Waals surface area (Å²) in [6.07, 6.45) is 3.34. The van der Waals surface area contributed by atoms with Crippen molar-refractivity contribution in [3.05, 3.63) is 100 Å². The molecular weight excluding hydrogens is 452 g/mol. The molecule has 0 aliphatic carbocycles. The van der Waals surface area contributed by atoms with Crippen LogP contribution >= 0.6 is 0 Å². The predicted molar refractivity (Wildman–Crippen MR) is 140 cm³/mol. The summed E-state index contributed by atoms with van der Waals surface area (Å²) >= 11 is 0. The zero-order valence-corrected chi connectivity index (χ0v) is 21.4. The Morgan fingerprint density at radius 3 is 2.33 bits per heavy atom. The maximum Gasteiger partial charge on any atom is 0.295 e. The van der Waals surface area contributed by atoms with Crippen molar-refractivity contribution in [2.75, 3.05) is 7.11 Å². The highest BCUT2D eigenvalue weighted by Crippen LogP contribution is 2.41. The Balaban J connectivity index is 1.87. The van der Waals surface area contributed by atoms with E-state index in [1.54, 1.807) is 37.7 Å². The van der Waals surface area contributed by atoms with Crippen LogP contribution in [-0.4, -0.2) is 33.8 Å². The first-order valence-corrected chi connectivity index (χ1v) is 12.2. The number of Topliss-reactive ketones (excluding diaryl/α,β-unsaturated/α-hetero) is 1. The molecule has 186 valence electrons. The Morgan fingerprint density at radius 1 is 1.03 bits per heavy atom. The highest BCUT2D eigenvalue weighted by Gasteiger charge is 2.46. The number of aliphatic hydroxyl groups is 1. The number of hydrogen-bond acceptors (Lipinski definition) is 5. The van der Waals surface area contributed by atoms with Gasteiger partial charge in [0.05, 0.1) is 18.7 Å². The van der Waals surface area contributed by atoms with E-state index in [2.05, 4.69) is 18.8 Å². The molecular formula is C30H32N2O4. The van der Waals surface area contributed by atoms with Crippen molar-refractivity contribution < 1.29 is 19.4 Å². The van der Waals surface area contributed by atoms with E-state index in [-0.39, 0.29) is 23.8 Å². The molecule has 0 radical (unpaired) electrons. The van der Waals surface area contributed by atoms with Gasteiger partial charge >= 0.3 is 0 Å². The molecule has 1 amide bonds. The van der Waals surface area contributed by atoms with Crippen LogP contribution in [0, 0.1) is 0 Å². The molecule has 1 unspecified atom stereocenters. The van der Waals surface area contributed by atoms with Gasteiger partial charge in [0.1, 0.15) is 11.5 Å². The normalized spacial score (nSPS) is 17.3. The van der Waals surface area contributed by atoms with Gasteiger partial charge in [-0.05, 0) is 58.4 Å². The third-order valence-electron chi connectivity index (χ3n) is 6.66. The highest BCUT2D eigenvalue weighted by molar-refractivity contribution is 6.46. The average Bonchev–Trinajstić information content (AvgIpc) is 3.13. The lowest BCUT2D eigenvalue weighted by atomic mass is 9.92. The lowest BCUT2D eigenvalue weighted by Crippen LogP contribution is -2.29. The standard InChI is InChI=1S/C30H32N2O4/c1-18(2)21-8-10-22(11-9-21)27-26(28(33)23-12-13-25(36-5)24(15-23)19(3)4)29(34)30(35)32(27)17-20-7-6-14-31-16-20/h6-16,18-19,27,33H,17H2,1-5H3/b28-26-. The number of carbonyl (C=O) groups is 2. The van der Waals surface area contributed by atoms with Crippen molar-refractivity contribution in [3.8, 4) is 5.75 Å². The van der Waals surface area contributed by atoms with E-state index in [1.165, 1.54) is 4.90 Å². The molecule has 0 spiro atoms. The van der Waals surface area contributed by atoms with E-state index < -0.39 is 17.7 Å². The van der Waals surface area contributed by atoms with E-state index in [0.29, 0.717) is 17.2 Å². The van der Waals surface area contributed by atoms with Gasteiger partial charge in [0, 0.05) is 24.5 Å². The number of aromatic nitrogens is 1. The molecule has 0 saturated carbocycles. The Hall–Kier alpha value is -3.93. The molecule has 6 heteroatoms. The van der Waals surface area contributed by atoms with Crippen molar-refractivity contribution in [1.29, 1.82) is 0 Å². The second kappa shape index (κ2) is 10.4. The molecule has 2 aromatic carbocycles. The number of pyridine rings is 1. The van der Waals surface area contributed by atoms with Gasteiger partial charge in [-0.3, -0.25) is 14.6 Å². The molecule has 1 saturated heterocycles. The number of ketones is 1. The molecule has 4 rings (SSSR count). The number of amides is 1. The van der Waals surface area contributed by atoms with E-state index in [0.717, 1.165) is 22.3 Å². The second-order valence-corrected chi connectivity index (χ2v) is 9.72. The maximum atomic E-state index is 13.4. The first kappa shape index (κ1) is 25.2. The van der Waals surface area contributed by atoms with Crippen LogP contribution < -0.4 is 4.74 Å². The number of likely N-dealkylation sites (tertiary alicyclic amines) is 1. The predicted octanol–water partition coefficient (Wildman–Crippen LogP) is 5.96. The van der Waals surface area contributed by atoms with Gasteiger partial charge in [-0.25, -0.2) is 0 Å². The lowest BCUT2D eigenvalue weighted by molar-refractivity contribution is -0.140. The maximum absolute atomic E-state index is 13.4. The van der Waals surface area contributed by atoms with E-state index in [1.807, 2.05) is 50.2 Å². The summed E-state index contributed by atoms with van der Waals surface area (Å²) < 4.78 is 5.48. The fourth-order valence-corrected chi connectivity index (χ4v) is 4.63. The lowest BCUT2D eigenvalue weighted by Gasteiger charge is -2.26. The molecule has 36 heavy (non-hydrogen) atoms. The minimum atomic E-state index is -0.726. The van der Waals surface area contributed by atoms with E-state index in [9.17, 15) is 14.7 Å². The second-order valence-electron chi connectivity index (χ2n) is 9.72. The number of carbonyl (C=O) groups excluding carboxylic acids is 2. The largest absolute Gasteiger partial charge is 0.507 e. The van der Waals surface area contributed by atoms with E-state index >= 15 is 0 Å². The van der Waals surface area contributed by atoms with Gasteiger partial charge in [0.15, 0.2) is 0 Å². The van der Waals surface area contributed by atoms with Crippen molar-refractivity contribution >= 4 is 17.4 Å². The summed E-state index contributed by atoms with van der Waals surface area (Å²) in [5.41, 5.74) is 4.18.